The summed E-state index contributed by atoms with van der Waals surface area (Å²) >= 11 is 8.90. The van der Waals surface area contributed by atoms with Gasteiger partial charge in [-0.15, -0.1) is 5.10 Å². The van der Waals surface area contributed by atoms with E-state index in [1.165, 1.54) is 0 Å². The second-order valence-corrected chi connectivity index (χ2v) is 3.15. The van der Waals surface area contributed by atoms with E-state index in [2.05, 4.69) is 26.0 Å². The molecule has 0 aliphatic rings. The number of hydrogen-bond donors (Lipinski definition) is 0. The molecule has 0 radical (unpaired) electrons. The average molecular weight is 232 g/mol. The van der Waals surface area contributed by atoms with Crippen molar-refractivity contribution in [1.29, 1.82) is 0 Å². The molecule has 2 aromatic heterocycles. The van der Waals surface area contributed by atoms with Crippen molar-refractivity contribution in [2.75, 3.05) is 0 Å². The first-order valence-electron chi connectivity index (χ1n) is 2.94. The van der Waals surface area contributed by atoms with Crippen molar-refractivity contribution < 1.29 is 0 Å². The minimum Gasteiger partial charge on any atom is -0.205 e. The smallest absolute Gasteiger partial charge is 0.205 e. The van der Waals surface area contributed by atoms with Crippen LogP contribution >= 0.6 is 27.5 Å². The molecule has 0 N–H and O–H groups in total. The molecular weight excluding hydrogens is 229 g/mol. The van der Waals surface area contributed by atoms with Crippen molar-refractivity contribution in [2.45, 2.75) is 0 Å². The van der Waals surface area contributed by atoms with Crippen LogP contribution in [0.15, 0.2) is 22.8 Å². The van der Waals surface area contributed by atoms with Gasteiger partial charge in [-0.05, 0) is 39.7 Å². The van der Waals surface area contributed by atoms with Crippen LogP contribution in [0.5, 0.6) is 0 Å². The van der Waals surface area contributed by atoms with E-state index >= 15 is 0 Å². The summed E-state index contributed by atoms with van der Waals surface area (Å²) < 4.78 is 2.47. The Bertz CT molecular complexity index is 398. The molecule has 2 heterocycles. The summed E-state index contributed by atoms with van der Waals surface area (Å²) in [6, 6.07) is 5.59. The molecule has 0 aliphatic carbocycles. The molecule has 0 spiro atoms. The average Bonchev–Trinajstić information content (AvgIpc) is 2.31. The number of fused-ring (bicyclic) bond motifs is 1. The zero-order chi connectivity index (χ0) is 7.84. The molecule has 5 heteroatoms. The highest BCUT2D eigenvalue weighted by Gasteiger charge is 2.01. The fourth-order valence-corrected chi connectivity index (χ4v) is 1.42. The molecule has 0 aromatic carbocycles. The Kier molecular flexibility index (Phi) is 1.58. The SMILES string of the molecule is Clc1nc2cccc(Br)n2n1. The summed E-state index contributed by atoms with van der Waals surface area (Å²) in [5.74, 6) is 0. The van der Waals surface area contributed by atoms with E-state index in [0.717, 1.165) is 10.3 Å². The van der Waals surface area contributed by atoms with Gasteiger partial charge in [0.25, 0.3) is 0 Å². The summed E-state index contributed by atoms with van der Waals surface area (Å²) in [4.78, 5) is 3.96. The third kappa shape index (κ3) is 1.12. The monoisotopic (exact) mass is 231 g/mol. The Morgan fingerprint density at radius 2 is 2.27 bits per heavy atom. The number of nitrogens with zero attached hydrogens (tertiary/aromatic N) is 3. The molecular formula is C6H3BrClN3. The summed E-state index contributed by atoms with van der Waals surface area (Å²) in [5.41, 5.74) is 0.740. The molecule has 0 unspecified atom stereocenters. The van der Waals surface area contributed by atoms with E-state index in [9.17, 15) is 0 Å². The maximum Gasteiger partial charge on any atom is 0.243 e. The molecule has 0 fully saturated rings. The third-order valence-electron chi connectivity index (χ3n) is 1.29. The maximum absolute atomic E-state index is 5.59. The Morgan fingerprint density at radius 1 is 1.45 bits per heavy atom. The van der Waals surface area contributed by atoms with E-state index in [0.29, 0.717) is 0 Å². The number of halogens is 2. The van der Waals surface area contributed by atoms with Crippen LogP contribution in [-0.2, 0) is 0 Å². The Balaban J connectivity index is 2.90. The summed E-state index contributed by atoms with van der Waals surface area (Å²) in [6.45, 7) is 0. The second kappa shape index (κ2) is 2.46. The molecule has 0 bridgehead atoms. The van der Waals surface area contributed by atoms with E-state index in [1.807, 2.05) is 18.2 Å². The first-order chi connectivity index (χ1) is 5.27. The molecule has 2 aromatic rings. The van der Waals surface area contributed by atoms with Gasteiger partial charge in [0.1, 0.15) is 4.60 Å². The molecule has 56 valence electrons. The van der Waals surface area contributed by atoms with Crippen LogP contribution in [0.25, 0.3) is 5.65 Å². The number of aromatic nitrogens is 3. The topological polar surface area (TPSA) is 30.2 Å². The van der Waals surface area contributed by atoms with Gasteiger partial charge in [-0.3, -0.25) is 0 Å². The number of rotatable bonds is 0. The highest BCUT2D eigenvalue weighted by Crippen LogP contribution is 2.12. The van der Waals surface area contributed by atoms with Crippen molar-refractivity contribution in [3.8, 4) is 0 Å². The Morgan fingerprint density at radius 3 is 3.00 bits per heavy atom. The van der Waals surface area contributed by atoms with E-state index in [1.54, 1.807) is 4.52 Å². The van der Waals surface area contributed by atoms with Crippen molar-refractivity contribution in [1.82, 2.24) is 14.6 Å². The second-order valence-electron chi connectivity index (χ2n) is 2.00. The van der Waals surface area contributed by atoms with Gasteiger partial charge in [0.05, 0.1) is 0 Å². The van der Waals surface area contributed by atoms with Crippen LogP contribution in [-0.4, -0.2) is 14.6 Å². The van der Waals surface area contributed by atoms with E-state index < -0.39 is 0 Å². The first kappa shape index (κ1) is 7.06. The van der Waals surface area contributed by atoms with Gasteiger partial charge in [0.15, 0.2) is 5.65 Å². The van der Waals surface area contributed by atoms with Gasteiger partial charge < -0.3 is 0 Å². The van der Waals surface area contributed by atoms with Gasteiger partial charge in [-0.1, -0.05) is 6.07 Å². The normalized spacial score (nSPS) is 10.7. The van der Waals surface area contributed by atoms with Crippen LogP contribution in [0.3, 0.4) is 0 Å². The van der Waals surface area contributed by atoms with Gasteiger partial charge in [0.2, 0.25) is 5.28 Å². The van der Waals surface area contributed by atoms with Crippen LogP contribution in [0.4, 0.5) is 0 Å². The van der Waals surface area contributed by atoms with Crippen molar-refractivity contribution in [3.05, 3.63) is 28.1 Å². The third-order valence-corrected chi connectivity index (χ3v) is 2.05. The Labute approximate surface area is 76.1 Å². The van der Waals surface area contributed by atoms with Crippen molar-refractivity contribution in [3.63, 3.8) is 0 Å². The van der Waals surface area contributed by atoms with Crippen LogP contribution < -0.4 is 0 Å². The predicted molar refractivity (Wildman–Crippen MR) is 45.7 cm³/mol. The molecule has 2 rings (SSSR count). The molecule has 0 amide bonds. The lowest BCUT2D eigenvalue weighted by Gasteiger charge is -1.91. The van der Waals surface area contributed by atoms with E-state index in [-0.39, 0.29) is 5.28 Å². The molecule has 0 saturated heterocycles. The van der Waals surface area contributed by atoms with Crippen LogP contribution in [0.2, 0.25) is 5.28 Å². The minimum absolute atomic E-state index is 0.261. The first-order valence-corrected chi connectivity index (χ1v) is 4.11. The molecule has 0 saturated carbocycles. The van der Waals surface area contributed by atoms with Gasteiger partial charge >= 0.3 is 0 Å². The van der Waals surface area contributed by atoms with Gasteiger partial charge in [0, 0.05) is 0 Å². The standard InChI is InChI=1S/C6H3BrClN3/c7-4-2-1-3-5-9-6(8)10-11(4)5/h1-3H. The van der Waals surface area contributed by atoms with Crippen LogP contribution in [0.1, 0.15) is 0 Å². The molecule has 0 aliphatic heterocycles. The van der Waals surface area contributed by atoms with Gasteiger partial charge in [-0.2, -0.15) is 4.98 Å². The largest absolute Gasteiger partial charge is 0.243 e. The lowest BCUT2D eigenvalue weighted by Crippen LogP contribution is -1.87. The minimum atomic E-state index is 0.261. The highest BCUT2D eigenvalue weighted by atomic mass is 79.9. The van der Waals surface area contributed by atoms with Crippen molar-refractivity contribution >= 4 is 33.2 Å². The Hall–Kier alpha value is -0.610. The zero-order valence-corrected chi connectivity index (χ0v) is 7.67. The predicted octanol–water partition coefficient (Wildman–Crippen LogP) is 2.15. The van der Waals surface area contributed by atoms with Crippen LogP contribution in [0, 0.1) is 0 Å². The summed E-state index contributed by atoms with van der Waals surface area (Å²) in [5, 5.41) is 4.20. The summed E-state index contributed by atoms with van der Waals surface area (Å²) in [6.07, 6.45) is 0. The zero-order valence-electron chi connectivity index (χ0n) is 5.33. The lowest BCUT2D eigenvalue weighted by atomic mass is 10.5. The summed E-state index contributed by atoms with van der Waals surface area (Å²) in [7, 11) is 0. The lowest BCUT2D eigenvalue weighted by molar-refractivity contribution is 0.936. The van der Waals surface area contributed by atoms with Crippen molar-refractivity contribution in [2.24, 2.45) is 0 Å². The quantitative estimate of drug-likeness (QED) is 0.652. The number of hydrogen-bond acceptors (Lipinski definition) is 2. The molecule has 3 nitrogen and oxygen atoms in total. The van der Waals surface area contributed by atoms with E-state index in [4.69, 9.17) is 11.6 Å². The van der Waals surface area contributed by atoms with Gasteiger partial charge in [-0.25, -0.2) is 4.52 Å². The maximum atomic E-state index is 5.59. The molecule has 0 atom stereocenters. The molecule has 11 heavy (non-hydrogen) atoms. The highest BCUT2D eigenvalue weighted by molar-refractivity contribution is 9.10. The number of pyridine rings is 1. The fourth-order valence-electron chi connectivity index (χ4n) is 0.847. The fraction of sp³-hybridized carbons (Fsp3) is 0.